The topological polar surface area (TPSA) is 46.9 Å². The van der Waals surface area contributed by atoms with Crippen LogP contribution >= 0.6 is 11.8 Å². The van der Waals surface area contributed by atoms with E-state index >= 15 is 0 Å². The molecule has 0 radical (unpaired) electrons. The summed E-state index contributed by atoms with van der Waals surface area (Å²) in [5, 5.41) is 7.20. The van der Waals surface area contributed by atoms with Crippen LogP contribution in [0.2, 0.25) is 0 Å². The van der Waals surface area contributed by atoms with Gasteiger partial charge in [0, 0.05) is 17.1 Å². The summed E-state index contributed by atoms with van der Waals surface area (Å²) in [7, 11) is 0. The molecule has 0 saturated carbocycles. The molecule has 1 aliphatic rings. The Labute approximate surface area is 146 Å². The molecule has 1 aliphatic heterocycles. The molecule has 1 aromatic heterocycles. The molecule has 0 saturated heterocycles. The van der Waals surface area contributed by atoms with Crippen LogP contribution in [0.4, 0.5) is 14.6 Å². The molecule has 3 aromatic rings. The Morgan fingerprint density at radius 3 is 2.48 bits per heavy atom. The predicted molar refractivity (Wildman–Crippen MR) is 92.9 cm³/mol. The van der Waals surface area contributed by atoms with Crippen LogP contribution in [-0.4, -0.2) is 15.7 Å². The minimum Gasteiger partial charge on any atom is -0.306 e. The van der Waals surface area contributed by atoms with E-state index in [2.05, 4.69) is 10.4 Å². The van der Waals surface area contributed by atoms with Crippen LogP contribution in [0.5, 0.6) is 0 Å². The van der Waals surface area contributed by atoms with E-state index in [4.69, 9.17) is 0 Å². The maximum absolute atomic E-state index is 13.9. The van der Waals surface area contributed by atoms with E-state index in [-0.39, 0.29) is 0 Å². The lowest BCUT2D eigenvalue weighted by Gasteiger charge is -2.11. The molecule has 0 fully saturated rings. The summed E-state index contributed by atoms with van der Waals surface area (Å²) < 4.78 is 29.4. The molecule has 2 aromatic carbocycles. The molecule has 126 valence electrons. The smallest absolute Gasteiger partial charge is 0.262 e. The van der Waals surface area contributed by atoms with Crippen molar-refractivity contribution in [2.75, 3.05) is 5.32 Å². The minimum atomic E-state index is -0.894. The second kappa shape index (κ2) is 6.33. The fraction of sp³-hybridized carbons (Fsp3) is 0.111. The highest BCUT2D eigenvalue weighted by Gasteiger charge is 2.26. The Morgan fingerprint density at radius 2 is 1.76 bits per heavy atom. The monoisotopic (exact) mass is 357 g/mol. The van der Waals surface area contributed by atoms with Crippen molar-refractivity contribution in [3.63, 3.8) is 0 Å². The van der Waals surface area contributed by atoms with E-state index in [1.807, 2.05) is 30.3 Å². The number of amides is 1. The lowest BCUT2D eigenvalue weighted by atomic mass is 10.1. The van der Waals surface area contributed by atoms with Gasteiger partial charge in [-0.3, -0.25) is 4.79 Å². The highest BCUT2D eigenvalue weighted by molar-refractivity contribution is 7.98. The lowest BCUT2D eigenvalue weighted by molar-refractivity contribution is 0.101. The number of hydrogen-bond acceptors (Lipinski definition) is 3. The second-order valence-corrected chi connectivity index (χ2v) is 6.55. The van der Waals surface area contributed by atoms with Crippen LogP contribution in [-0.2, 0) is 11.5 Å². The normalized spacial score (nSPS) is 12.9. The van der Waals surface area contributed by atoms with Gasteiger partial charge in [0.05, 0.1) is 11.4 Å². The van der Waals surface area contributed by atoms with Gasteiger partial charge in [0.15, 0.2) is 0 Å². The fourth-order valence-corrected chi connectivity index (χ4v) is 3.82. The fourth-order valence-electron chi connectivity index (χ4n) is 2.78. The SMILES string of the molecule is O=C(Nc1c2c(nn1-c1ccccc1)CSC2)c1c(F)cccc1F. The Hall–Kier alpha value is -2.67. The number of hydrogen-bond donors (Lipinski definition) is 1. The van der Waals surface area contributed by atoms with Gasteiger partial charge in [-0.15, -0.1) is 0 Å². The first-order valence-corrected chi connectivity index (χ1v) is 8.80. The highest BCUT2D eigenvalue weighted by Crippen LogP contribution is 2.36. The van der Waals surface area contributed by atoms with E-state index in [0.29, 0.717) is 11.6 Å². The maximum atomic E-state index is 13.9. The largest absolute Gasteiger partial charge is 0.306 e. The van der Waals surface area contributed by atoms with Crippen molar-refractivity contribution in [1.29, 1.82) is 0 Å². The zero-order valence-corrected chi connectivity index (χ0v) is 13.8. The predicted octanol–water partition coefficient (Wildman–Crippen LogP) is 4.15. The van der Waals surface area contributed by atoms with Gasteiger partial charge >= 0.3 is 0 Å². The molecule has 7 heteroatoms. The molecule has 4 nitrogen and oxygen atoms in total. The molecular weight excluding hydrogens is 344 g/mol. The lowest BCUT2D eigenvalue weighted by Crippen LogP contribution is -2.19. The number of anilines is 1. The summed E-state index contributed by atoms with van der Waals surface area (Å²) in [5.74, 6) is -0.723. The van der Waals surface area contributed by atoms with Crippen LogP contribution < -0.4 is 5.32 Å². The number of carbonyl (C=O) groups excluding carboxylic acids is 1. The van der Waals surface area contributed by atoms with Gasteiger partial charge in [-0.2, -0.15) is 16.9 Å². The Bertz CT molecular complexity index is 936. The van der Waals surface area contributed by atoms with Crippen LogP contribution in [0.25, 0.3) is 5.69 Å². The van der Waals surface area contributed by atoms with Gasteiger partial charge in [0.25, 0.3) is 5.91 Å². The summed E-state index contributed by atoms with van der Waals surface area (Å²) in [6, 6.07) is 12.7. The third-order valence-electron chi connectivity index (χ3n) is 3.97. The maximum Gasteiger partial charge on any atom is 0.262 e. The summed E-state index contributed by atoms with van der Waals surface area (Å²) >= 11 is 1.68. The number of nitrogens with zero attached hydrogens (tertiary/aromatic N) is 2. The zero-order valence-electron chi connectivity index (χ0n) is 13.0. The van der Waals surface area contributed by atoms with Gasteiger partial charge in [0.1, 0.15) is 23.0 Å². The molecule has 2 heterocycles. The van der Waals surface area contributed by atoms with Crippen molar-refractivity contribution in [3.8, 4) is 5.69 Å². The summed E-state index contributed by atoms with van der Waals surface area (Å²) in [6.45, 7) is 0. The molecule has 1 N–H and O–H groups in total. The number of nitrogens with one attached hydrogen (secondary N) is 1. The van der Waals surface area contributed by atoms with Crippen molar-refractivity contribution >= 4 is 23.5 Å². The molecule has 4 rings (SSSR count). The van der Waals surface area contributed by atoms with Crippen molar-refractivity contribution in [2.24, 2.45) is 0 Å². The van der Waals surface area contributed by atoms with Crippen molar-refractivity contribution in [2.45, 2.75) is 11.5 Å². The van der Waals surface area contributed by atoms with Crippen molar-refractivity contribution < 1.29 is 13.6 Å². The summed E-state index contributed by atoms with van der Waals surface area (Å²) in [4.78, 5) is 12.5. The van der Waals surface area contributed by atoms with Crippen LogP contribution in [0.1, 0.15) is 21.6 Å². The summed E-state index contributed by atoms with van der Waals surface area (Å²) in [5.41, 5.74) is 1.94. The molecule has 1 amide bonds. The van der Waals surface area contributed by atoms with E-state index in [1.54, 1.807) is 16.4 Å². The van der Waals surface area contributed by atoms with Crippen LogP contribution in [0.3, 0.4) is 0 Å². The number of halogens is 2. The molecular formula is C18H13F2N3OS. The number of fused-ring (bicyclic) bond motifs is 1. The van der Waals surface area contributed by atoms with Crippen molar-refractivity contribution in [1.82, 2.24) is 9.78 Å². The van der Waals surface area contributed by atoms with Gasteiger partial charge < -0.3 is 5.32 Å². The van der Waals surface area contributed by atoms with Crippen LogP contribution in [0.15, 0.2) is 48.5 Å². The molecule has 0 aliphatic carbocycles. The number of carbonyl (C=O) groups is 1. The molecule has 25 heavy (non-hydrogen) atoms. The van der Waals surface area contributed by atoms with Gasteiger partial charge in [-0.05, 0) is 24.3 Å². The Balaban J connectivity index is 1.77. The van der Waals surface area contributed by atoms with Gasteiger partial charge in [0.2, 0.25) is 0 Å². The average molecular weight is 357 g/mol. The number of aromatic nitrogens is 2. The molecule has 0 spiro atoms. The first kappa shape index (κ1) is 15.8. The standard InChI is InChI=1S/C18H13F2N3OS/c19-13-7-4-8-14(20)16(13)18(24)21-17-12-9-25-10-15(12)22-23(17)11-5-2-1-3-6-11/h1-8H,9-10H2,(H,21,24). The molecule has 0 atom stereocenters. The first-order chi connectivity index (χ1) is 12.1. The number of rotatable bonds is 3. The third kappa shape index (κ3) is 2.80. The third-order valence-corrected chi connectivity index (χ3v) is 4.94. The summed E-state index contributed by atoms with van der Waals surface area (Å²) in [6.07, 6.45) is 0. The number of benzene rings is 2. The van der Waals surface area contributed by atoms with Crippen LogP contribution in [0, 0.1) is 11.6 Å². The first-order valence-electron chi connectivity index (χ1n) is 7.64. The average Bonchev–Trinajstić information content (AvgIpc) is 3.18. The number of para-hydroxylation sites is 1. The van der Waals surface area contributed by atoms with E-state index in [0.717, 1.165) is 34.8 Å². The second-order valence-electron chi connectivity index (χ2n) is 5.56. The van der Waals surface area contributed by atoms with E-state index < -0.39 is 23.1 Å². The minimum absolute atomic E-state index is 0.457. The Kier molecular flexibility index (Phi) is 4.01. The quantitative estimate of drug-likeness (QED) is 0.766. The highest BCUT2D eigenvalue weighted by atomic mass is 32.2. The molecule has 0 unspecified atom stereocenters. The van der Waals surface area contributed by atoms with E-state index in [1.165, 1.54) is 6.07 Å². The van der Waals surface area contributed by atoms with E-state index in [9.17, 15) is 13.6 Å². The van der Waals surface area contributed by atoms with Gasteiger partial charge in [-0.25, -0.2) is 13.5 Å². The Morgan fingerprint density at radius 1 is 1.04 bits per heavy atom. The zero-order chi connectivity index (χ0) is 17.4. The molecule has 0 bridgehead atoms. The van der Waals surface area contributed by atoms with Crippen molar-refractivity contribution in [3.05, 3.63) is 77.0 Å². The number of thioether (sulfide) groups is 1. The van der Waals surface area contributed by atoms with Gasteiger partial charge in [-0.1, -0.05) is 24.3 Å².